The average molecular weight is 618 g/mol. The van der Waals surface area contributed by atoms with Crippen LogP contribution in [0.4, 0.5) is 10.1 Å². The number of likely N-dealkylation sites (tertiary alicyclic amines) is 2. The molecule has 10 nitrogen and oxygen atoms in total. The fraction of sp³-hybridized carbons (Fsp3) is 0.559. The van der Waals surface area contributed by atoms with E-state index in [9.17, 15) is 14.0 Å². The lowest BCUT2D eigenvalue weighted by molar-refractivity contribution is -0.139. The van der Waals surface area contributed by atoms with E-state index in [0.717, 1.165) is 35.6 Å². The van der Waals surface area contributed by atoms with Crippen LogP contribution in [0.3, 0.4) is 0 Å². The van der Waals surface area contributed by atoms with Crippen molar-refractivity contribution in [2.75, 3.05) is 58.8 Å². The third-order valence-electron chi connectivity index (χ3n) is 9.37. The molecule has 0 aliphatic carbocycles. The number of ether oxygens (including phenoxy) is 1. The van der Waals surface area contributed by atoms with Crippen LogP contribution in [-0.2, 0) is 22.6 Å². The third-order valence-corrected chi connectivity index (χ3v) is 9.37. The first kappa shape index (κ1) is 32.5. The molecule has 11 heteroatoms. The van der Waals surface area contributed by atoms with Gasteiger partial charge in [0, 0.05) is 50.3 Å². The highest BCUT2D eigenvalue weighted by Crippen LogP contribution is 2.37. The van der Waals surface area contributed by atoms with Gasteiger partial charge in [0.1, 0.15) is 18.3 Å². The SMILES string of the molecule is [C-]#[N+]C[C@H]1CC(c2nc(OC(=O)[C@@H]3C[C@@H](F)CN3C)nc3c2CCN(c2cccc(C)c2C)C3)CCN1C(=O)/C=C/CN(C)C. The zero-order valence-electron chi connectivity index (χ0n) is 27.0. The summed E-state index contributed by atoms with van der Waals surface area (Å²) in [5, 5.41) is 0. The number of hydrogen-bond donors (Lipinski definition) is 0. The number of esters is 1. The third kappa shape index (κ3) is 7.34. The fourth-order valence-electron chi connectivity index (χ4n) is 6.80. The normalized spacial score (nSPS) is 23.8. The molecule has 0 bridgehead atoms. The van der Waals surface area contributed by atoms with Crippen LogP contribution >= 0.6 is 0 Å². The van der Waals surface area contributed by atoms with Crippen molar-refractivity contribution in [3.8, 4) is 6.01 Å². The predicted molar refractivity (Wildman–Crippen MR) is 171 cm³/mol. The van der Waals surface area contributed by atoms with Gasteiger partial charge in [-0.1, -0.05) is 18.2 Å². The molecular formula is C34H44FN7O3. The van der Waals surface area contributed by atoms with Crippen LogP contribution in [0.5, 0.6) is 6.01 Å². The summed E-state index contributed by atoms with van der Waals surface area (Å²) in [4.78, 5) is 47.3. The zero-order chi connectivity index (χ0) is 32.2. The number of aryl methyl sites for hydroxylation is 1. The van der Waals surface area contributed by atoms with E-state index in [-0.39, 0.29) is 43.4 Å². The summed E-state index contributed by atoms with van der Waals surface area (Å²) in [7, 11) is 5.61. The highest BCUT2D eigenvalue weighted by atomic mass is 19.1. The molecule has 1 aromatic heterocycles. The maximum Gasteiger partial charge on any atom is 0.331 e. The number of carbonyl (C=O) groups is 2. The Hall–Kier alpha value is -3.88. The van der Waals surface area contributed by atoms with E-state index in [0.29, 0.717) is 32.5 Å². The number of benzene rings is 1. The second-order valence-electron chi connectivity index (χ2n) is 12.8. The minimum absolute atomic E-state index is 0.0147. The predicted octanol–water partition coefficient (Wildman–Crippen LogP) is 3.72. The van der Waals surface area contributed by atoms with Gasteiger partial charge in [-0.25, -0.2) is 15.8 Å². The highest BCUT2D eigenvalue weighted by molar-refractivity contribution is 5.88. The lowest BCUT2D eigenvalue weighted by Crippen LogP contribution is -2.47. The van der Waals surface area contributed by atoms with Crippen LogP contribution < -0.4 is 9.64 Å². The van der Waals surface area contributed by atoms with Crippen LogP contribution in [0.25, 0.3) is 4.85 Å². The molecule has 3 aliphatic heterocycles. The van der Waals surface area contributed by atoms with Gasteiger partial charge in [-0.05, 0) is 77.0 Å². The summed E-state index contributed by atoms with van der Waals surface area (Å²) in [5.41, 5.74) is 6.27. The van der Waals surface area contributed by atoms with E-state index < -0.39 is 18.2 Å². The van der Waals surface area contributed by atoms with E-state index in [4.69, 9.17) is 21.3 Å². The molecule has 2 fully saturated rings. The van der Waals surface area contributed by atoms with Gasteiger partial charge >= 0.3 is 12.0 Å². The van der Waals surface area contributed by atoms with Crippen molar-refractivity contribution in [2.45, 2.75) is 70.2 Å². The quantitative estimate of drug-likeness (QED) is 0.252. The maximum absolute atomic E-state index is 14.1. The smallest absolute Gasteiger partial charge is 0.331 e. The Balaban J connectivity index is 1.45. The first-order chi connectivity index (χ1) is 21.5. The number of hydrogen-bond acceptors (Lipinski definition) is 8. The Kier molecular flexibility index (Phi) is 10.1. The second kappa shape index (κ2) is 14.0. The van der Waals surface area contributed by atoms with E-state index in [1.54, 1.807) is 22.9 Å². The van der Waals surface area contributed by atoms with Crippen molar-refractivity contribution in [1.82, 2.24) is 24.7 Å². The summed E-state index contributed by atoms with van der Waals surface area (Å²) in [6, 6.07) is 5.33. The van der Waals surface area contributed by atoms with E-state index in [1.807, 2.05) is 25.1 Å². The molecule has 45 heavy (non-hydrogen) atoms. The summed E-state index contributed by atoms with van der Waals surface area (Å²) < 4.78 is 19.9. The average Bonchev–Trinajstić information content (AvgIpc) is 3.35. The first-order valence-electron chi connectivity index (χ1n) is 15.8. The van der Waals surface area contributed by atoms with Crippen LogP contribution in [0, 0.1) is 20.4 Å². The lowest BCUT2D eigenvalue weighted by atomic mass is 9.84. The first-order valence-corrected chi connectivity index (χ1v) is 15.8. The standard InChI is InChI=1S/C34H44FN7O3/c1-22-9-7-10-29(23(22)2)41-15-13-27-28(21-41)37-34(45-33(44)30-18-25(35)20-40(30)6)38-32(27)24-12-16-42(26(17-24)19-36-3)31(43)11-8-14-39(4)5/h7-11,24-26,30H,12-21H2,1-2,4-6H3/b11-8+/t24?,25-,26-,30+/m1/s1. The molecule has 4 heterocycles. The summed E-state index contributed by atoms with van der Waals surface area (Å²) in [6.07, 6.45) is 4.44. The molecule has 0 N–H and O–H groups in total. The van der Waals surface area contributed by atoms with Gasteiger partial charge in [0.2, 0.25) is 12.5 Å². The van der Waals surface area contributed by atoms with Crippen LogP contribution in [0.15, 0.2) is 30.4 Å². The number of aromatic nitrogens is 2. The molecule has 1 amide bonds. The summed E-state index contributed by atoms with van der Waals surface area (Å²) in [6.45, 7) is 14.7. The van der Waals surface area contributed by atoms with E-state index in [2.05, 4.69) is 41.8 Å². The summed E-state index contributed by atoms with van der Waals surface area (Å²) >= 11 is 0. The number of piperidine rings is 1. The zero-order valence-corrected chi connectivity index (χ0v) is 27.0. The molecule has 240 valence electrons. The van der Waals surface area contributed by atoms with Crippen molar-refractivity contribution >= 4 is 17.6 Å². The Morgan fingerprint density at radius 2 is 2.00 bits per heavy atom. The van der Waals surface area contributed by atoms with Crippen LogP contribution in [-0.4, -0.2) is 109 Å². The van der Waals surface area contributed by atoms with Gasteiger partial charge in [0.05, 0.1) is 17.9 Å². The molecule has 0 spiro atoms. The fourth-order valence-corrected chi connectivity index (χ4v) is 6.80. The van der Waals surface area contributed by atoms with Crippen molar-refractivity contribution in [2.24, 2.45) is 0 Å². The number of rotatable bonds is 8. The Labute approximate surface area is 265 Å². The molecule has 4 atom stereocenters. The van der Waals surface area contributed by atoms with Gasteiger partial charge in [-0.2, -0.15) is 9.97 Å². The molecule has 2 saturated heterocycles. The highest BCUT2D eigenvalue weighted by Gasteiger charge is 2.39. The number of fused-ring (bicyclic) bond motifs is 1. The number of anilines is 1. The molecule has 5 rings (SSSR count). The molecule has 1 unspecified atom stereocenters. The van der Waals surface area contributed by atoms with Crippen molar-refractivity contribution in [3.63, 3.8) is 0 Å². The van der Waals surface area contributed by atoms with Crippen molar-refractivity contribution in [1.29, 1.82) is 0 Å². The minimum atomic E-state index is -1.08. The lowest BCUT2D eigenvalue weighted by Gasteiger charge is -2.38. The number of amides is 1. The number of nitrogens with zero attached hydrogens (tertiary/aromatic N) is 7. The molecule has 0 radical (unpaired) electrons. The van der Waals surface area contributed by atoms with Crippen LogP contribution in [0.2, 0.25) is 0 Å². The van der Waals surface area contributed by atoms with E-state index >= 15 is 0 Å². The minimum Gasteiger partial charge on any atom is -0.390 e. The van der Waals surface area contributed by atoms with Gasteiger partial charge in [-0.15, -0.1) is 0 Å². The second-order valence-corrected chi connectivity index (χ2v) is 12.8. The maximum atomic E-state index is 14.1. The summed E-state index contributed by atoms with van der Waals surface area (Å²) in [5.74, 6) is -0.668. The molecule has 0 saturated carbocycles. The monoisotopic (exact) mass is 617 g/mol. The van der Waals surface area contributed by atoms with Gasteiger partial charge in [0.15, 0.2) is 0 Å². The van der Waals surface area contributed by atoms with Crippen molar-refractivity contribution in [3.05, 3.63) is 69.8 Å². The molecule has 2 aromatic rings. The molecule has 3 aliphatic rings. The van der Waals surface area contributed by atoms with Crippen molar-refractivity contribution < 1.29 is 18.7 Å². The Bertz CT molecular complexity index is 1490. The van der Waals surface area contributed by atoms with E-state index in [1.165, 1.54) is 11.1 Å². The van der Waals surface area contributed by atoms with Crippen LogP contribution in [0.1, 0.15) is 53.3 Å². The molecule has 1 aromatic carbocycles. The number of alkyl halides is 1. The molecular weight excluding hydrogens is 573 g/mol. The van der Waals surface area contributed by atoms with Gasteiger partial charge in [0.25, 0.3) is 0 Å². The number of likely N-dealkylation sites (N-methyl/N-ethyl adjacent to an activating group) is 2. The largest absolute Gasteiger partial charge is 0.390 e. The topological polar surface area (TPSA) is 86.5 Å². The number of carbonyl (C=O) groups excluding carboxylic acids is 2. The van der Waals surface area contributed by atoms with Gasteiger partial charge in [-0.3, -0.25) is 9.69 Å². The Morgan fingerprint density at radius 3 is 2.71 bits per heavy atom. The van der Waals surface area contributed by atoms with Gasteiger partial charge < -0.3 is 24.3 Å². The number of halogens is 1. The Morgan fingerprint density at radius 1 is 1.20 bits per heavy atom.